The molecule has 20 heavy (non-hydrogen) atoms. The van der Waals surface area contributed by atoms with Crippen LogP contribution in [0.25, 0.3) is 0 Å². The van der Waals surface area contributed by atoms with Gasteiger partial charge in [0.15, 0.2) is 0 Å². The van der Waals surface area contributed by atoms with Crippen LogP contribution in [0.15, 0.2) is 42.5 Å². The number of halogens is 1. The Labute approximate surface area is 119 Å². The van der Waals surface area contributed by atoms with Crippen molar-refractivity contribution in [2.75, 3.05) is 11.9 Å². The molecule has 0 aromatic heterocycles. The van der Waals surface area contributed by atoms with Gasteiger partial charge in [-0.15, -0.1) is 0 Å². The van der Waals surface area contributed by atoms with E-state index in [1.807, 2.05) is 38.1 Å². The summed E-state index contributed by atoms with van der Waals surface area (Å²) < 4.78 is 13.0. The van der Waals surface area contributed by atoms with Crippen LogP contribution in [0.5, 0.6) is 0 Å². The predicted molar refractivity (Wildman–Crippen MR) is 80.4 cm³/mol. The second kappa shape index (κ2) is 6.53. The quantitative estimate of drug-likeness (QED) is 0.863. The Hall–Kier alpha value is -1.87. The highest BCUT2D eigenvalue weighted by Crippen LogP contribution is 2.22. The minimum atomic E-state index is -0.504. The zero-order chi connectivity index (χ0) is 14.5. The van der Waals surface area contributed by atoms with Gasteiger partial charge in [0.2, 0.25) is 0 Å². The molecule has 0 saturated carbocycles. The summed E-state index contributed by atoms with van der Waals surface area (Å²) in [6.07, 6.45) is 0.0804. The number of hydrogen-bond acceptors (Lipinski definition) is 2. The summed E-state index contributed by atoms with van der Waals surface area (Å²) in [4.78, 5) is 0. The second-order valence-electron chi connectivity index (χ2n) is 5.10. The first kappa shape index (κ1) is 14.5. The first-order valence-electron chi connectivity index (χ1n) is 6.81. The molecule has 2 aromatic carbocycles. The molecule has 0 aliphatic heterocycles. The van der Waals surface area contributed by atoms with Crippen LogP contribution in [0, 0.1) is 19.7 Å². The Morgan fingerprint density at radius 3 is 2.70 bits per heavy atom. The third-order valence-corrected chi connectivity index (χ3v) is 3.37. The summed E-state index contributed by atoms with van der Waals surface area (Å²) in [6, 6.07) is 12.4. The number of aryl methyl sites for hydroxylation is 2. The van der Waals surface area contributed by atoms with Crippen molar-refractivity contribution in [1.29, 1.82) is 0 Å². The largest absolute Gasteiger partial charge is 0.388 e. The molecule has 0 fully saturated rings. The van der Waals surface area contributed by atoms with E-state index in [1.54, 1.807) is 6.07 Å². The van der Waals surface area contributed by atoms with Crippen LogP contribution in [0.3, 0.4) is 0 Å². The van der Waals surface area contributed by atoms with Crippen LogP contribution >= 0.6 is 0 Å². The lowest BCUT2D eigenvalue weighted by molar-refractivity contribution is 0.171. The Bertz CT molecular complexity index is 583. The Morgan fingerprint density at radius 2 is 1.95 bits per heavy atom. The molecule has 2 nitrogen and oxygen atoms in total. The minimum absolute atomic E-state index is 0.259. The van der Waals surface area contributed by atoms with E-state index in [1.165, 1.54) is 12.1 Å². The molecule has 0 aliphatic rings. The standard InChI is InChI=1S/C17H20FNO/c1-12-6-7-13(2)16(10-12)17(20)8-9-19-15-5-3-4-14(18)11-15/h3-7,10-11,17,19-20H,8-9H2,1-2H3. The van der Waals surface area contributed by atoms with E-state index >= 15 is 0 Å². The van der Waals surface area contributed by atoms with Gasteiger partial charge in [-0.05, 0) is 49.6 Å². The van der Waals surface area contributed by atoms with E-state index in [0.717, 1.165) is 22.4 Å². The molecule has 0 aliphatic carbocycles. The zero-order valence-electron chi connectivity index (χ0n) is 11.9. The number of aliphatic hydroxyl groups excluding tert-OH is 1. The number of benzene rings is 2. The van der Waals surface area contributed by atoms with Crippen LogP contribution in [0.4, 0.5) is 10.1 Å². The van der Waals surface area contributed by atoms with Crippen molar-refractivity contribution in [2.24, 2.45) is 0 Å². The van der Waals surface area contributed by atoms with Gasteiger partial charge in [-0.2, -0.15) is 0 Å². The van der Waals surface area contributed by atoms with Crippen LogP contribution in [-0.4, -0.2) is 11.7 Å². The molecule has 2 N–H and O–H groups in total. The van der Waals surface area contributed by atoms with Crippen LogP contribution in [0.1, 0.15) is 29.2 Å². The van der Waals surface area contributed by atoms with E-state index in [2.05, 4.69) is 5.32 Å². The maximum absolute atomic E-state index is 13.0. The summed E-state index contributed by atoms with van der Waals surface area (Å²) in [7, 11) is 0. The van der Waals surface area contributed by atoms with Crippen molar-refractivity contribution in [1.82, 2.24) is 0 Å². The molecule has 2 aromatic rings. The molecular weight excluding hydrogens is 253 g/mol. The third kappa shape index (κ3) is 3.81. The van der Waals surface area contributed by atoms with Gasteiger partial charge < -0.3 is 10.4 Å². The van der Waals surface area contributed by atoms with Gasteiger partial charge >= 0.3 is 0 Å². The predicted octanol–water partition coefficient (Wildman–Crippen LogP) is 3.98. The van der Waals surface area contributed by atoms with Gasteiger partial charge in [0.05, 0.1) is 6.10 Å². The number of nitrogens with one attached hydrogen (secondary N) is 1. The summed E-state index contributed by atoms with van der Waals surface area (Å²) in [5.41, 5.74) is 3.93. The summed E-state index contributed by atoms with van der Waals surface area (Å²) >= 11 is 0. The molecule has 3 heteroatoms. The Morgan fingerprint density at radius 1 is 1.15 bits per heavy atom. The van der Waals surface area contributed by atoms with E-state index in [0.29, 0.717) is 13.0 Å². The third-order valence-electron chi connectivity index (χ3n) is 3.37. The highest BCUT2D eigenvalue weighted by molar-refractivity contribution is 5.43. The Balaban J connectivity index is 1.92. The first-order chi connectivity index (χ1) is 9.56. The summed E-state index contributed by atoms with van der Waals surface area (Å²) in [5, 5.41) is 13.4. The molecule has 0 heterocycles. The molecule has 0 spiro atoms. The SMILES string of the molecule is Cc1ccc(C)c(C(O)CCNc2cccc(F)c2)c1. The lowest BCUT2D eigenvalue weighted by atomic mass is 9.99. The fourth-order valence-corrected chi connectivity index (χ4v) is 2.23. The van der Waals surface area contributed by atoms with Gasteiger partial charge in [0, 0.05) is 12.2 Å². The van der Waals surface area contributed by atoms with Crippen LogP contribution < -0.4 is 5.32 Å². The fourth-order valence-electron chi connectivity index (χ4n) is 2.23. The number of aliphatic hydroxyl groups is 1. The molecule has 106 valence electrons. The highest BCUT2D eigenvalue weighted by Gasteiger charge is 2.10. The molecule has 2 rings (SSSR count). The highest BCUT2D eigenvalue weighted by atomic mass is 19.1. The lowest BCUT2D eigenvalue weighted by Crippen LogP contribution is -2.09. The second-order valence-corrected chi connectivity index (χ2v) is 5.10. The minimum Gasteiger partial charge on any atom is -0.388 e. The normalized spacial score (nSPS) is 12.2. The van der Waals surface area contributed by atoms with Crippen molar-refractivity contribution in [3.05, 3.63) is 65.0 Å². The van der Waals surface area contributed by atoms with Crippen molar-refractivity contribution in [3.63, 3.8) is 0 Å². The fraction of sp³-hybridized carbons (Fsp3) is 0.294. The first-order valence-corrected chi connectivity index (χ1v) is 6.81. The van der Waals surface area contributed by atoms with Crippen molar-refractivity contribution in [3.8, 4) is 0 Å². The van der Waals surface area contributed by atoms with E-state index in [-0.39, 0.29) is 5.82 Å². The number of hydrogen-bond donors (Lipinski definition) is 2. The van der Waals surface area contributed by atoms with Crippen LogP contribution in [0.2, 0.25) is 0 Å². The van der Waals surface area contributed by atoms with Crippen molar-refractivity contribution >= 4 is 5.69 Å². The van der Waals surface area contributed by atoms with E-state index in [9.17, 15) is 9.50 Å². The zero-order valence-corrected chi connectivity index (χ0v) is 11.9. The molecule has 0 radical (unpaired) electrons. The molecule has 0 amide bonds. The van der Waals surface area contributed by atoms with Crippen molar-refractivity contribution < 1.29 is 9.50 Å². The molecule has 1 unspecified atom stereocenters. The summed E-state index contributed by atoms with van der Waals surface area (Å²) in [6.45, 7) is 4.61. The van der Waals surface area contributed by atoms with Gasteiger partial charge in [0.1, 0.15) is 5.82 Å². The summed E-state index contributed by atoms with van der Waals surface area (Å²) in [5.74, 6) is -0.259. The topological polar surface area (TPSA) is 32.3 Å². The smallest absolute Gasteiger partial charge is 0.125 e. The van der Waals surface area contributed by atoms with Gasteiger partial charge in [-0.1, -0.05) is 29.8 Å². The van der Waals surface area contributed by atoms with Gasteiger partial charge in [0.25, 0.3) is 0 Å². The molecule has 1 atom stereocenters. The Kier molecular flexibility index (Phi) is 4.74. The van der Waals surface area contributed by atoms with Gasteiger partial charge in [-0.3, -0.25) is 0 Å². The number of rotatable bonds is 5. The lowest BCUT2D eigenvalue weighted by Gasteiger charge is -2.15. The van der Waals surface area contributed by atoms with Gasteiger partial charge in [-0.25, -0.2) is 4.39 Å². The maximum Gasteiger partial charge on any atom is 0.125 e. The number of anilines is 1. The van der Waals surface area contributed by atoms with Crippen LogP contribution in [-0.2, 0) is 0 Å². The van der Waals surface area contributed by atoms with E-state index < -0.39 is 6.10 Å². The van der Waals surface area contributed by atoms with E-state index in [4.69, 9.17) is 0 Å². The molecule has 0 saturated heterocycles. The average molecular weight is 273 g/mol. The average Bonchev–Trinajstić information content (AvgIpc) is 2.41. The monoisotopic (exact) mass is 273 g/mol. The molecular formula is C17H20FNO. The van der Waals surface area contributed by atoms with Crippen molar-refractivity contribution in [2.45, 2.75) is 26.4 Å². The maximum atomic E-state index is 13.0. The molecule has 0 bridgehead atoms.